The van der Waals surface area contributed by atoms with E-state index in [-0.39, 0.29) is 17.1 Å². The number of nitrogens with zero attached hydrogens (tertiary/aromatic N) is 1. The summed E-state index contributed by atoms with van der Waals surface area (Å²) in [6.07, 6.45) is 5.12. The predicted octanol–water partition coefficient (Wildman–Crippen LogP) is 5.67. The molecule has 30 heavy (non-hydrogen) atoms. The van der Waals surface area contributed by atoms with Crippen LogP contribution in [0.15, 0.2) is 62.9 Å². The first-order valence-electron chi connectivity index (χ1n) is 9.55. The zero-order chi connectivity index (χ0) is 20.8. The summed E-state index contributed by atoms with van der Waals surface area (Å²) < 4.78 is 11.4. The lowest BCUT2D eigenvalue weighted by Crippen LogP contribution is -1.99. The highest BCUT2D eigenvalue weighted by atomic mass is 16.4. The molecule has 0 saturated carbocycles. The van der Waals surface area contributed by atoms with Crippen molar-refractivity contribution in [1.29, 1.82) is 0 Å². The van der Waals surface area contributed by atoms with Crippen molar-refractivity contribution in [2.45, 2.75) is 13.8 Å². The van der Waals surface area contributed by atoms with Crippen molar-refractivity contribution >= 4 is 41.1 Å². The zero-order valence-electron chi connectivity index (χ0n) is 16.4. The SMILES string of the molecule is Cc1cc2c(cc1C)C(=O)C(=Cc1cc3oc(/C=C/c4ccccc4)nc3o1)C2=O. The summed E-state index contributed by atoms with van der Waals surface area (Å²) in [5.74, 6) is 0.196. The van der Waals surface area contributed by atoms with Gasteiger partial charge in [0.05, 0.1) is 5.57 Å². The average molecular weight is 395 g/mol. The Morgan fingerprint density at radius 3 is 2.13 bits per heavy atom. The van der Waals surface area contributed by atoms with E-state index >= 15 is 0 Å². The number of rotatable bonds is 3. The maximum atomic E-state index is 12.7. The fourth-order valence-corrected chi connectivity index (χ4v) is 3.50. The van der Waals surface area contributed by atoms with Crippen LogP contribution in [0.1, 0.15) is 49.1 Å². The number of aromatic nitrogens is 1. The smallest absolute Gasteiger partial charge is 0.266 e. The summed E-state index contributed by atoms with van der Waals surface area (Å²) in [5.41, 5.74) is 4.73. The molecule has 5 heteroatoms. The van der Waals surface area contributed by atoms with Gasteiger partial charge in [0.15, 0.2) is 17.1 Å². The van der Waals surface area contributed by atoms with Crippen molar-refractivity contribution in [2.24, 2.45) is 0 Å². The van der Waals surface area contributed by atoms with E-state index < -0.39 is 0 Å². The van der Waals surface area contributed by atoms with Gasteiger partial charge >= 0.3 is 0 Å². The molecule has 0 amide bonds. The molecular formula is C25H17NO4. The fourth-order valence-electron chi connectivity index (χ4n) is 3.50. The molecule has 1 aliphatic rings. The van der Waals surface area contributed by atoms with E-state index in [4.69, 9.17) is 8.83 Å². The summed E-state index contributed by atoms with van der Waals surface area (Å²) in [6.45, 7) is 3.84. The summed E-state index contributed by atoms with van der Waals surface area (Å²) in [4.78, 5) is 29.8. The molecule has 0 saturated heterocycles. The van der Waals surface area contributed by atoms with E-state index in [1.54, 1.807) is 24.3 Å². The maximum Gasteiger partial charge on any atom is 0.266 e. The number of hydrogen-bond donors (Lipinski definition) is 0. The number of carbonyl (C=O) groups is 2. The van der Waals surface area contributed by atoms with Crippen LogP contribution >= 0.6 is 0 Å². The van der Waals surface area contributed by atoms with Crippen LogP contribution in [0, 0.1) is 13.8 Å². The van der Waals surface area contributed by atoms with Crippen molar-refractivity contribution < 1.29 is 18.4 Å². The van der Waals surface area contributed by atoms with E-state index in [2.05, 4.69) is 4.98 Å². The fraction of sp³-hybridized carbons (Fsp3) is 0.0800. The van der Waals surface area contributed by atoms with E-state index in [0.29, 0.717) is 34.1 Å². The summed E-state index contributed by atoms with van der Waals surface area (Å²) in [5, 5.41) is 0. The first-order chi connectivity index (χ1) is 14.5. The van der Waals surface area contributed by atoms with Crippen LogP contribution in [-0.2, 0) is 0 Å². The number of ketones is 2. The quantitative estimate of drug-likeness (QED) is 0.330. The standard InChI is InChI=1S/C25H17NO4/c1-14-10-18-19(11-15(14)2)24(28)20(23(18)27)12-17-13-21-25(29-17)26-22(30-21)9-8-16-6-4-3-5-7-16/h3-13H,1-2H3/b9-8+. The third kappa shape index (κ3) is 3.01. The minimum Gasteiger partial charge on any atom is -0.436 e. The van der Waals surface area contributed by atoms with Crippen molar-refractivity contribution in [2.75, 3.05) is 0 Å². The van der Waals surface area contributed by atoms with Crippen molar-refractivity contribution in [3.05, 3.63) is 93.6 Å². The minimum absolute atomic E-state index is 0.0931. The molecule has 0 atom stereocenters. The van der Waals surface area contributed by atoms with Gasteiger partial charge in [-0.05, 0) is 54.8 Å². The Hall–Kier alpha value is -3.99. The number of furan rings is 1. The number of fused-ring (bicyclic) bond motifs is 2. The van der Waals surface area contributed by atoms with Gasteiger partial charge in [0.25, 0.3) is 5.71 Å². The monoisotopic (exact) mass is 395 g/mol. The zero-order valence-corrected chi connectivity index (χ0v) is 16.4. The number of carbonyl (C=O) groups excluding carboxylic acids is 2. The number of allylic oxidation sites excluding steroid dienone is 1. The van der Waals surface area contributed by atoms with E-state index in [1.807, 2.05) is 50.3 Å². The molecule has 5 rings (SSSR count). The van der Waals surface area contributed by atoms with Crippen molar-refractivity contribution in [3.8, 4) is 0 Å². The topological polar surface area (TPSA) is 73.3 Å². The Kier molecular flexibility index (Phi) is 4.10. The molecule has 5 nitrogen and oxygen atoms in total. The molecule has 2 heterocycles. The van der Waals surface area contributed by atoms with Crippen LogP contribution < -0.4 is 0 Å². The molecule has 0 N–H and O–H groups in total. The van der Waals surface area contributed by atoms with Crippen LogP contribution in [0.5, 0.6) is 0 Å². The molecule has 0 unspecified atom stereocenters. The van der Waals surface area contributed by atoms with E-state index in [1.165, 1.54) is 6.08 Å². The lowest BCUT2D eigenvalue weighted by molar-refractivity contribution is 0.0990. The van der Waals surface area contributed by atoms with Gasteiger partial charge in [-0.1, -0.05) is 30.3 Å². The average Bonchev–Trinajstić information content (AvgIpc) is 3.35. The molecule has 146 valence electrons. The first-order valence-corrected chi connectivity index (χ1v) is 9.55. The number of benzene rings is 2. The second-order valence-corrected chi connectivity index (χ2v) is 7.31. The summed E-state index contributed by atoms with van der Waals surface area (Å²) in [7, 11) is 0. The third-order valence-electron chi connectivity index (χ3n) is 5.24. The van der Waals surface area contributed by atoms with Gasteiger partial charge in [-0.15, -0.1) is 0 Å². The minimum atomic E-state index is -0.287. The molecule has 0 spiro atoms. The molecule has 2 aromatic heterocycles. The van der Waals surface area contributed by atoms with Gasteiger partial charge in [-0.25, -0.2) is 0 Å². The lowest BCUT2D eigenvalue weighted by atomic mass is 10.0. The van der Waals surface area contributed by atoms with Gasteiger partial charge < -0.3 is 8.83 Å². The Bertz CT molecular complexity index is 1310. The molecule has 1 aliphatic carbocycles. The summed E-state index contributed by atoms with van der Waals surface area (Å²) in [6, 6.07) is 15.0. The second-order valence-electron chi connectivity index (χ2n) is 7.31. The Labute approximate surface area is 172 Å². The Balaban J connectivity index is 1.44. The molecular weight excluding hydrogens is 378 g/mol. The predicted molar refractivity (Wildman–Crippen MR) is 114 cm³/mol. The van der Waals surface area contributed by atoms with Crippen LogP contribution in [0.3, 0.4) is 0 Å². The molecule has 0 fully saturated rings. The summed E-state index contributed by atoms with van der Waals surface area (Å²) >= 11 is 0. The van der Waals surface area contributed by atoms with E-state index in [9.17, 15) is 9.59 Å². The molecule has 0 radical (unpaired) electrons. The first kappa shape index (κ1) is 18.1. The second kappa shape index (κ2) is 6.81. The Morgan fingerprint density at radius 2 is 1.50 bits per heavy atom. The van der Waals surface area contributed by atoms with Crippen LogP contribution in [0.2, 0.25) is 0 Å². The van der Waals surface area contributed by atoms with Gasteiger partial charge in [-0.2, -0.15) is 4.98 Å². The Morgan fingerprint density at radius 1 is 0.833 bits per heavy atom. The largest absolute Gasteiger partial charge is 0.436 e. The highest BCUT2D eigenvalue weighted by Gasteiger charge is 2.34. The van der Waals surface area contributed by atoms with Crippen LogP contribution in [0.4, 0.5) is 0 Å². The lowest BCUT2D eigenvalue weighted by Gasteiger charge is -2.01. The van der Waals surface area contributed by atoms with Crippen LogP contribution in [-0.4, -0.2) is 16.6 Å². The number of Topliss-reactive ketones (excluding diaryl/α,β-unsaturated/α-hetero) is 2. The van der Waals surface area contributed by atoms with Crippen LogP contribution in [0.25, 0.3) is 29.5 Å². The highest BCUT2D eigenvalue weighted by molar-refractivity contribution is 6.41. The van der Waals surface area contributed by atoms with Gasteiger partial charge in [0, 0.05) is 23.3 Å². The normalized spacial score (nSPS) is 13.6. The van der Waals surface area contributed by atoms with Gasteiger partial charge in [0.1, 0.15) is 5.76 Å². The van der Waals surface area contributed by atoms with Gasteiger partial charge in [0.2, 0.25) is 5.89 Å². The highest BCUT2D eigenvalue weighted by Crippen LogP contribution is 2.31. The van der Waals surface area contributed by atoms with Gasteiger partial charge in [-0.3, -0.25) is 9.59 Å². The maximum absolute atomic E-state index is 12.7. The molecule has 4 aromatic rings. The number of oxazole rings is 1. The third-order valence-corrected chi connectivity index (χ3v) is 5.24. The molecule has 2 aromatic carbocycles. The molecule has 0 bridgehead atoms. The molecule has 0 aliphatic heterocycles. The van der Waals surface area contributed by atoms with Crippen molar-refractivity contribution in [1.82, 2.24) is 4.98 Å². The number of aryl methyl sites for hydroxylation is 2. The number of hydrogen-bond acceptors (Lipinski definition) is 5. The van der Waals surface area contributed by atoms with Crippen molar-refractivity contribution in [3.63, 3.8) is 0 Å². The van der Waals surface area contributed by atoms with E-state index in [0.717, 1.165) is 16.7 Å².